The van der Waals surface area contributed by atoms with Gasteiger partial charge in [-0.25, -0.2) is 9.97 Å². The smallest absolute Gasteiger partial charge is 0.258 e. The van der Waals surface area contributed by atoms with Gasteiger partial charge in [-0.3, -0.25) is 14.6 Å². The third-order valence-electron chi connectivity index (χ3n) is 6.18. The van der Waals surface area contributed by atoms with Crippen molar-refractivity contribution in [2.75, 3.05) is 10.6 Å². The van der Waals surface area contributed by atoms with Crippen LogP contribution in [0.1, 0.15) is 31.2 Å². The van der Waals surface area contributed by atoms with E-state index in [0.717, 1.165) is 54.2 Å². The van der Waals surface area contributed by atoms with Crippen LogP contribution in [0.5, 0.6) is 0 Å². The number of nitrogens with zero attached hydrogens (tertiary/aromatic N) is 3. The Labute approximate surface area is 209 Å². The number of carbonyl (C=O) groups is 2. The molecule has 2 aromatic heterocycles. The zero-order chi connectivity index (χ0) is 25.1. The lowest BCUT2D eigenvalue weighted by Gasteiger charge is -2.12. The Balaban J connectivity index is 1.36. The number of rotatable bonds is 9. The molecule has 0 unspecified atom stereocenters. The van der Waals surface area contributed by atoms with E-state index in [1.807, 2.05) is 31.2 Å². The van der Waals surface area contributed by atoms with Crippen molar-refractivity contribution in [2.24, 2.45) is 5.92 Å². The number of hydrogen-bond donors (Lipinski definition) is 4. The Morgan fingerprint density at radius 1 is 1.00 bits per heavy atom. The first-order chi connectivity index (χ1) is 17.5. The highest BCUT2D eigenvalue weighted by Crippen LogP contribution is 2.31. The van der Waals surface area contributed by atoms with Crippen LogP contribution in [0.4, 0.5) is 11.5 Å². The maximum absolute atomic E-state index is 12.7. The Kier molecular flexibility index (Phi) is 6.53. The summed E-state index contributed by atoms with van der Waals surface area (Å²) in [7, 11) is 0. The van der Waals surface area contributed by atoms with E-state index in [4.69, 9.17) is 5.41 Å². The second-order valence-electron chi connectivity index (χ2n) is 9.18. The lowest BCUT2D eigenvalue weighted by molar-refractivity contribution is -0.117. The first-order valence-corrected chi connectivity index (χ1v) is 12.0. The number of benzene rings is 1. The van der Waals surface area contributed by atoms with E-state index >= 15 is 0 Å². The van der Waals surface area contributed by atoms with E-state index in [-0.39, 0.29) is 23.3 Å². The van der Waals surface area contributed by atoms with Gasteiger partial charge < -0.3 is 21.4 Å². The van der Waals surface area contributed by atoms with Gasteiger partial charge in [0.1, 0.15) is 12.1 Å². The predicted molar refractivity (Wildman–Crippen MR) is 138 cm³/mol. The number of aromatic nitrogens is 3. The van der Waals surface area contributed by atoms with Crippen molar-refractivity contribution in [2.45, 2.75) is 38.6 Å². The van der Waals surface area contributed by atoms with Crippen molar-refractivity contribution in [3.63, 3.8) is 0 Å². The normalized spacial score (nSPS) is 15.2. The molecule has 182 valence electrons. The monoisotopic (exact) mass is 481 g/mol. The molecule has 0 bridgehead atoms. The van der Waals surface area contributed by atoms with Gasteiger partial charge in [0.15, 0.2) is 0 Å². The van der Waals surface area contributed by atoms with Crippen molar-refractivity contribution in [3.8, 4) is 22.4 Å². The maximum Gasteiger partial charge on any atom is 0.258 e. The SMILES string of the molecule is Cc1ccc(NC(=O)/C(C=N)=C/NC2CC2)cc1-c1cncc(-c2cc(NC(=O)C3CC3)ncn2)c1. The molecule has 2 aliphatic carbocycles. The van der Waals surface area contributed by atoms with Gasteiger partial charge in [0.2, 0.25) is 5.91 Å². The molecule has 0 aliphatic heterocycles. The first kappa shape index (κ1) is 23.3. The molecule has 1 aromatic carbocycles. The average molecular weight is 482 g/mol. The molecule has 4 N–H and O–H groups in total. The molecule has 2 fully saturated rings. The predicted octanol–water partition coefficient (Wildman–Crippen LogP) is 4.09. The summed E-state index contributed by atoms with van der Waals surface area (Å²) in [5.41, 5.74) is 5.11. The fourth-order valence-corrected chi connectivity index (χ4v) is 3.73. The third kappa shape index (κ3) is 5.63. The largest absolute Gasteiger partial charge is 0.387 e. The molecule has 2 saturated carbocycles. The Morgan fingerprint density at radius 2 is 1.81 bits per heavy atom. The molecule has 3 aromatic rings. The molecule has 9 heteroatoms. The highest BCUT2D eigenvalue weighted by molar-refractivity contribution is 6.17. The number of pyridine rings is 1. The van der Waals surface area contributed by atoms with E-state index in [2.05, 4.69) is 30.9 Å². The second kappa shape index (κ2) is 10.1. The van der Waals surface area contributed by atoms with Crippen LogP contribution in [0.15, 0.2) is 60.8 Å². The minimum Gasteiger partial charge on any atom is -0.387 e. The Hall–Kier alpha value is -4.40. The highest BCUT2D eigenvalue weighted by Gasteiger charge is 2.29. The molecule has 36 heavy (non-hydrogen) atoms. The van der Waals surface area contributed by atoms with Gasteiger partial charge in [-0.2, -0.15) is 0 Å². The zero-order valence-electron chi connectivity index (χ0n) is 19.9. The summed E-state index contributed by atoms with van der Waals surface area (Å²) in [5.74, 6) is 0.200. The lowest BCUT2D eigenvalue weighted by atomic mass is 9.99. The van der Waals surface area contributed by atoms with Crippen molar-refractivity contribution in [1.29, 1.82) is 5.41 Å². The van der Waals surface area contributed by atoms with Crippen LogP contribution in [0.2, 0.25) is 0 Å². The van der Waals surface area contributed by atoms with Gasteiger partial charge in [-0.15, -0.1) is 0 Å². The van der Waals surface area contributed by atoms with Crippen LogP contribution in [0, 0.1) is 18.3 Å². The standard InChI is InChI=1S/C27H27N7O2/c1-16-2-5-22(33-27(36)20(11-28)14-30-21-6-7-21)9-23(16)18-8-19(13-29-12-18)24-10-25(32-15-31-24)34-26(35)17-3-4-17/h2,5,8-15,17,21,28,30H,3-4,6-7H2,1H3,(H,33,36)(H,31,32,34,35)/b20-14+,28-11?. The van der Waals surface area contributed by atoms with Crippen LogP contribution in [0.25, 0.3) is 22.4 Å². The third-order valence-corrected chi connectivity index (χ3v) is 6.18. The summed E-state index contributed by atoms with van der Waals surface area (Å²) in [6.45, 7) is 1.99. The van der Waals surface area contributed by atoms with Gasteiger partial charge in [0.05, 0.1) is 11.3 Å². The topological polar surface area (TPSA) is 133 Å². The van der Waals surface area contributed by atoms with Gasteiger partial charge >= 0.3 is 0 Å². The fraction of sp³-hybridized carbons (Fsp3) is 0.259. The minimum absolute atomic E-state index is 0.00893. The number of aryl methyl sites for hydroxylation is 1. The summed E-state index contributed by atoms with van der Waals surface area (Å²) in [6.07, 6.45) is 11.6. The lowest BCUT2D eigenvalue weighted by Crippen LogP contribution is -2.19. The van der Waals surface area contributed by atoms with Crippen LogP contribution >= 0.6 is 0 Å². The summed E-state index contributed by atoms with van der Waals surface area (Å²) in [6, 6.07) is 9.78. The molecular weight excluding hydrogens is 454 g/mol. The summed E-state index contributed by atoms with van der Waals surface area (Å²) < 4.78 is 0. The van der Waals surface area contributed by atoms with E-state index in [9.17, 15) is 9.59 Å². The van der Waals surface area contributed by atoms with Crippen LogP contribution in [0.3, 0.4) is 0 Å². The summed E-state index contributed by atoms with van der Waals surface area (Å²) >= 11 is 0. The van der Waals surface area contributed by atoms with Crippen molar-refractivity contribution in [1.82, 2.24) is 20.3 Å². The van der Waals surface area contributed by atoms with Crippen molar-refractivity contribution in [3.05, 3.63) is 66.4 Å². The number of nitrogens with one attached hydrogen (secondary N) is 4. The van der Waals surface area contributed by atoms with E-state index in [1.54, 1.807) is 24.7 Å². The zero-order valence-corrected chi connectivity index (χ0v) is 19.9. The Bertz CT molecular complexity index is 1360. The number of amides is 2. The van der Waals surface area contributed by atoms with Gasteiger partial charge in [-0.1, -0.05) is 6.07 Å². The number of hydrogen-bond acceptors (Lipinski definition) is 7. The molecule has 5 rings (SSSR count). The van der Waals surface area contributed by atoms with E-state index in [1.165, 1.54) is 6.33 Å². The van der Waals surface area contributed by atoms with E-state index in [0.29, 0.717) is 23.2 Å². The summed E-state index contributed by atoms with van der Waals surface area (Å²) in [4.78, 5) is 37.7. The quantitative estimate of drug-likeness (QED) is 0.269. The van der Waals surface area contributed by atoms with Crippen LogP contribution in [-0.2, 0) is 9.59 Å². The average Bonchev–Trinajstić information content (AvgIpc) is 3.80. The molecule has 0 atom stereocenters. The number of anilines is 2. The molecular formula is C27H27N7O2. The van der Waals surface area contributed by atoms with Gasteiger partial charge in [0, 0.05) is 59.6 Å². The molecule has 2 heterocycles. The molecule has 0 radical (unpaired) electrons. The van der Waals surface area contributed by atoms with Gasteiger partial charge in [-0.05, 0) is 61.9 Å². The maximum atomic E-state index is 12.7. The van der Waals surface area contributed by atoms with E-state index < -0.39 is 0 Å². The molecule has 9 nitrogen and oxygen atoms in total. The Morgan fingerprint density at radius 3 is 2.56 bits per heavy atom. The molecule has 0 spiro atoms. The minimum atomic E-state index is -0.346. The number of carbonyl (C=O) groups excluding carboxylic acids is 2. The second-order valence-corrected chi connectivity index (χ2v) is 9.18. The van der Waals surface area contributed by atoms with Crippen molar-refractivity contribution < 1.29 is 9.59 Å². The van der Waals surface area contributed by atoms with Crippen LogP contribution in [-0.4, -0.2) is 39.0 Å². The summed E-state index contributed by atoms with van der Waals surface area (Å²) in [5, 5.41) is 16.5. The molecule has 0 saturated heterocycles. The first-order valence-electron chi connectivity index (χ1n) is 12.0. The highest BCUT2D eigenvalue weighted by atomic mass is 16.2. The molecule has 2 aliphatic rings. The fourth-order valence-electron chi connectivity index (χ4n) is 3.73. The van der Waals surface area contributed by atoms with Crippen molar-refractivity contribution >= 4 is 29.5 Å². The van der Waals surface area contributed by atoms with Gasteiger partial charge in [0.25, 0.3) is 5.91 Å². The van der Waals surface area contributed by atoms with Crippen LogP contribution < -0.4 is 16.0 Å². The molecule has 2 amide bonds.